The summed E-state index contributed by atoms with van der Waals surface area (Å²) in [6.45, 7) is 4.73. The number of carbonyl (C=O) groups is 1. The van der Waals surface area contributed by atoms with Crippen molar-refractivity contribution in [2.75, 3.05) is 6.54 Å². The number of aromatic amines is 1. The van der Waals surface area contributed by atoms with Gasteiger partial charge in [0.2, 0.25) is 5.91 Å². The Balaban J connectivity index is 0.00000176. The molecule has 2 unspecified atom stereocenters. The number of aryl methyl sites for hydroxylation is 1. The van der Waals surface area contributed by atoms with Gasteiger partial charge in [0, 0.05) is 19.0 Å². The number of likely N-dealkylation sites (tertiary alicyclic amines) is 1. The number of nitrogens with one attached hydrogen (secondary N) is 1. The zero-order valence-electron chi connectivity index (χ0n) is 13.0. The van der Waals surface area contributed by atoms with E-state index >= 15 is 0 Å². The molecule has 1 aliphatic rings. The van der Waals surface area contributed by atoms with E-state index < -0.39 is 0 Å². The zero-order valence-corrected chi connectivity index (χ0v) is 13.8. The van der Waals surface area contributed by atoms with Crippen molar-refractivity contribution >= 4 is 29.3 Å². The number of aromatic nitrogens is 2. The lowest BCUT2D eigenvalue weighted by atomic mass is 10.2. The molecule has 1 fully saturated rings. The Bertz CT molecular complexity index is 667. The third-order valence-electron chi connectivity index (χ3n) is 4.04. The predicted molar refractivity (Wildman–Crippen MR) is 90.0 cm³/mol. The van der Waals surface area contributed by atoms with Crippen molar-refractivity contribution in [3.63, 3.8) is 0 Å². The van der Waals surface area contributed by atoms with Crippen LogP contribution < -0.4 is 5.73 Å². The van der Waals surface area contributed by atoms with Gasteiger partial charge in [-0.05, 0) is 44.4 Å². The first kappa shape index (κ1) is 16.8. The summed E-state index contributed by atoms with van der Waals surface area (Å²) in [4.78, 5) is 22.3. The Morgan fingerprint density at radius 3 is 3.05 bits per heavy atom. The number of hydrogen-bond donors (Lipinski definition) is 2. The zero-order chi connectivity index (χ0) is 15.0. The number of nitrogens with two attached hydrogens (primary N) is 1. The summed E-state index contributed by atoms with van der Waals surface area (Å²) in [7, 11) is 0. The molecule has 1 aromatic carbocycles. The number of nitrogens with zero attached hydrogens (tertiary/aromatic N) is 2. The molecule has 0 aliphatic carbocycles. The summed E-state index contributed by atoms with van der Waals surface area (Å²) in [6, 6.07) is 6.13. The van der Waals surface area contributed by atoms with Crippen LogP contribution in [0, 0.1) is 6.92 Å². The van der Waals surface area contributed by atoms with Crippen LogP contribution in [0.25, 0.3) is 11.0 Å². The summed E-state index contributed by atoms with van der Waals surface area (Å²) < 4.78 is 0. The second kappa shape index (κ2) is 6.67. The van der Waals surface area contributed by atoms with Gasteiger partial charge in [0.05, 0.1) is 17.1 Å². The van der Waals surface area contributed by atoms with E-state index in [0.717, 1.165) is 36.2 Å². The smallest absolute Gasteiger partial charge is 0.224 e. The number of carbonyl (C=O) groups excluding carboxylic acids is 1. The van der Waals surface area contributed by atoms with E-state index in [9.17, 15) is 4.79 Å². The van der Waals surface area contributed by atoms with Gasteiger partial charge in [-0.25, -0.2) is 4.98 Å². The van der Waals surface area contributed by atoms with Crippen LogP contribution in [0.3, 0.4) is 0 Å². The number of amides is 1. The topological polar surface area (TPSA) is 75.0 Å². The maximum Gasteiger partial charge on any atom is 0.224 e. The van der Waals surface area contributed by atoms with Crippen molar-refractivity contribution < 1.29 is 4.79 Å². The fourth-order valence-corrected chi connectivity index (χ4v) is 3.04. The van der Waals surface area contributed by atoms with E-state index in [-0.39, 0.29) is 30.4 Å². The molecule has 1 aliphatic heterocycles. The highest BCUT2D eigenvalue weighted by molar-refractivity contribution is 5.85. The van der Waals surface area contributed by atoms with Crippen LogP contribution in [0.2, 0.25) is 0 Å². The Morgan fingerprint density at radius 2 is 2.32 bits per heavy atom. The van der Waals surface area contributed by atoms with Gasteiger partial charge in [-0.2, -0.15) is 0 Å². The van der Waals surface area contributed by atoms with Gasteiger partial charge in [0.15, 0.2) is 0 Å². The maximum absolute atomic E-state index is 12.3. The molecule has 2 atom stereocenters. The predicted octanol–water partition coefficient (Wildman–Crippen LogP) is 2.69. The number of fused-ring (bicyclic) bond motifs is 1. The van der Waals surface area contributed by atoms with Crippen LogP contribution in [0.15, 0.2) is 18.2 Å². The van der Waals surface area contributed by atoms with Gasteiger partial charge in [-0.3, -0.25) is 4.79 Å². The number of H-pyrrole nitrogens is 1. The molecule has 2 heterocycles. The molecule has 120 valence electrons. The second-order valence-corrected chi connectivity index (χ2v) is 6.07. The third-order valence-corrected chi connectivity index (χ3v) is 4.04. The minimum absolute atomic E-state index is 0. The molecular formula is C16H23ClN4O. The molecule has 1 saturated heterocycles. The number of halogens is 1. The lowest BCUT2D eigenvalue weighted by molar-refractivity contribution is -0.132. The molecule has 22 heavy (non-hydrogen) atoms. The van der Waals surface area contributed by atoms with Gasteiger partial charge in [-0.15, -0.1) is 12.4 Å². The molecule has 3 N–H and O–H groups in total. The van der Waals surface area contributed by atoms with Crippen molar-refractivity contribution in [3.05, 3.63) is 29.6 Å². The van der Waals surface area contributed by atoms with Crippen LogP contribution >= 0.6 is 12.4 Å². The molecule has 1 amide bonds. The van der Waals surface area contributed by atoms with E-state index in [0.29, 0.717) is 6.42 Å². The SMILES string of the molecule is Cc1ccc2nc(C3CCCN3C(=O)CC(C)N)[nH]c2c1.Cl. The summed E-state index contributed by atoms with van der Waals surface area (Å²) in [6.07, 6.45) is 2.38. The summed E-state index contributed by atoms with van der Waals surface area (Å²) >= 11 is 0. The maximum atomic E-state index is 12.3. The Labute approximate surface area is 136 Å². The molecule has 0 spiro atoms. The molecular weight excluding hydrogens is 300 g/mol. The third kappa shape index (κ3) is 3.25. The molecule has 3 rings (SSSR count). The minimum Gasteiger partial charge on any atom is -0.340 e. The Kier molecular flexibility index (Phi) is 5.08. The largest absolute Gasteiger partial charge is 0.340 e. The lowest BCUT2D eigenvalue weighted by Crippen LogP contribution is -2.34. The van der Waals surface area contributed by atoms with Crippen LogP contribution in [-0.4, -0.2) is 33.4 Å². The molecule has 6 heteroatoms. The molecule has 5 nitrogen and oxygen atoms in total. The molecule has 0 bridgehead atoms. The average Bonchev–Trinajstić information content (AvgIpc) is 3.02. The van der Waals surface area contributed by atoms with Gasteiger partial charge in [0.1, 0.15) is 5.82 Å². The van der Waals surface area contributed by atoms with Crippen LogP contribution in [0.1, 0.15) is 43.6 Å². The summed E-state index contributed by atoms with van der Waals surface area (Å²) in [5, 5.41) is 0. The van der Waals surface area contributed by atoms with Gasteiger partial charge in [-0.1, -0.05) is 6.07 Å². The van der Waals surface area contributed by atoms with Crippen molar-refractivity contribution in [3.8, 4) is 0 Å². The van der Waals surface area contributed by atoms with Gasteiger partial charge >= 0.3 is 0 Å². The first-order valence-electron chi connectivity index (χ1n) is 7.56. The minimum atomic E-state index is -0.0999. The van der Waals surface area contributed by atoms with Gasteiger partial charge < -0.3 is 15.6 Å². The highest BCUT2D eigenvalue weighted by Crippen LogP contribution is 2.32. The van der Waals surface area contributed by atoms with Crippen LogP contribution in [0.5, 0.6) is 0 Å². The van der Waals surface area contributed by atoms with Crippen molar-refractivity contribution in [1.82, 2.24) is 14.9 Å². The molecule has 1 aromatic heterocycles. The van der Waals surface area contributed by atoms with E-state index in [1.807, 2.05) is 17.9 Å². The lowest BCUT2D eigenvalue weighted by Gasteiger charge is -2.24. The number of hydrogen-bond acceptors (Lipinski definition) is 3. The first-order valence-corrected chi connectivity index (χ1v) is 7.56. The molecule has 0 saturated carbocycles. The Morgan fingerprint density at radius 1 is 1.55 bits per heavy atom. The number of rotatable bonds is 3. The van der Waals surface area contributed by atoms with Crippen molar-refractivity contribution in [2.45, 2.75) is 45.2 Å². The quantitative estimate of drug-likeness (QED) is 0.912. The number of imidazole rings is 1. The highest BCUT2D eigenvalue weighted by atomic mass is 35.5. The second-order valence-electron chi connectivity index (χ2n) is 6.07. The molecule has 2 aromatic rings. The van der Waals surface area contributed by atoms with Crippen LogP contribution in [0.4, 0.5) is 0 Å². The highest BCUT2D eigenvalue weighted by Gasteiger charge is 2.32. The standard InChI is InChI=1S/C16H22N4O.ClH/c1-10-5-6-12-13(8-10)19-16(18-12)14-4-3-7-20(14)15(21)9-11(2)17;/h5-6,8,11,14H,3-4,7,9,17H2,1-2H3,(H,18,19);1H. The fraction of sp³-hybridized carbons (Fsp3) is 0.500. The first-order chi connectivity index (χ1) is 10.0. The van der Waals surface area contributed by atoms with Crippen molar-refractivity contribution in [1.29, 1.82) is 0 Å². The molecule has 0 radical (unpaired) electrons. The van der Waals surface area contributed by atoms with E-state index in [1.54, 1.807) is 0 Å². The monoisotopic (exact) mass is 322 g/mol. The van der Waals surface area contributed by atoms with E-state index in [1.165, 1.54) is 5.56 Å². The fourth-order valence-electron chi connectivity index (χ4n) is 3.04. The van der Waals surface area contributed by atoms with E-state index in [4.69, 9.17) is 5.73 Å². The van der Waals surface area contributed by atoms with Crippen LogP contribution in [-0.2, 0) is 4.79 Å². The van der Waals surface area contributed by atoms with Crippen molar-refractivity contribution in [2.24, 2.45) is 5.73 Å². The van der Waals surface area contributed by atoms with Gasteiger partial charge in [0.25, 0.3) is 0 Å². The van der Waals surface area contributed by atoms with E-state index in [2.05, 4.69) is 29.0 Å². The summed E-state index contributed by atoms with van der Waals surface area (Å²) in [5.41, 5.74) is 8.95. The Hall–Kier alpha value is -1.59. The number of benzene rings is 1. The normalized spacial score (nSPS) is 19.2. The average molecular weight is 323 g/mol. The summed E-state index contributed by atoms with van der Waals surface area (Å²) in [5.74, 6) is 1.02.